The fourth-order valence-corrected chi connectivity index (χ4v) is 3.34. The first-order valence-electron chi connectivity index (χ1n) is 7.68. The summed E-state index contributed by atoms with van der Waals surface area (Å²) in [6.45, 7) is 7.00. The fourth-order valence-electron chi connectivity index (χ4n) is 2.89. The Morgan fingerprint density at radius 3 is 2.55 bits per heavy atom. The summed E-state index contributed by atoms with van der Waals surface area (Å²) >= 11 is 3.52. The molecule has 2 rings (SSSR count). The molecule has 1 N–H and O–H groups in total. The van der Waals surface area contributed by atoms with Gasteiger partial charge in [0.05, 0.1) is 0 Å². The second-order valence-electron chi connectivity index (χ2n) is 5.56. The SMILES string of the molecule is CCc1c(C)[nH]c(=O)c(N(C)CC)c1Cc1cccc(Br)c1. The minimum atomic E-state index is 0.00375. The third kappa shape index (κ3) is 3.43. The number of rotatable bonds is 5. The first-order chi connectivity index (χ1) is 10.5. The first-order valence-corrected chi connectivity index (χ1v) is 8.47. The second kappa shape index (κ2) is 7.14. The third-order valence-corrected chi connectivity index (χ3v) is 4.59. The molecule has 0 amide bonds. The number of hydrogen-bond acceptors (Lipinski definition) is 2. The number of aryl methyl sites for hydroxylation is 1. The molecule has 0 fully saturated rings. The molecule has 1 aromatic carbocycles. The van der Waals surface area contributed by atoms with Crippen LogP contribution in [0.2, 0.25) is 0 Å². The maximum absolute atomic E-state index is 12.5. The van der Waals surface area contributed by atoms with Crippen LogP contribution in [0.15, 0.2) is 33.5 Å². The second-order valence-corrected chi connectivity index (χ2v) is 6.47. The minimum absolute atomic E-state index is 0.00375. The summed E-state index contributed by atoms with van der Waals surface area (Å²) in [5, 5.41) is 0. The Bertz CT molecular complexity index is 722. The minimum Gasteiger partial charge on any atom is -0.370 e. The zero-order valence-electron chi connectivity index (χ0n) is 13.7. The zero-order valence-corrected chi connectivity index (χ0v) is 15.3. The number of nitrogens with zero attached hydrogens (tertiary/aromatic N) is 1. The summed E-state index contributed by atoms with van der Waals surface area (Å²) in [7, 11) is 1.98. The molecule has 22 heavy (non-hydrogen) atoms. The molecule has 1 heterocycles. The molecule has 0 radical (unpaired) electrons. The molecule has 4 heteroatoms. The van der Waals surface area contributed by atoms with Crippen molar-refractivity contribution in [3.8, 4) is 0 Å². The Morgan fingerprint density at radius 2 is 1.95 bits per heavy atom. The number of nitrogens with one attached hydrogen (secondary N) is 1. The van der Waals surface area contributed by atoms with E-state index in [0.29, 0.717) is 0 Å². The van der Waals surface area contributed by atoms with E-state index in [1.807, 2.05) is 31.0 Å². The van der Waals surface area contributed by atoms with Crippen molar-refractivity contribution in [2.24, 2.45) is 0 Å². The van der Waals surface area contributed by atoms with E-state index < -0.39 is 0 Å². The fraction of sp³-hybridized carbons (Fsp3) is 0.389. The average molecular weight is 363 g/mol. The molecule has 0 aliphatic heterocycles. The van der Waals surface area contributed by atoms with Crippen molar-refractivity contribution < 1.29 is 0 Å². The van der Waals surface area contributed by atoms with Crippen LogP contribution in [0.4, 0.5) is 5.69 Å². The molecule has 0 aliphatic rings. The summed E-state index contributed by atoms with van der Waals surface area (Å²) in [5.74, 6) is 0. The number of pyridine rings is 1. The highest BCUT2D eigenvalue weighted by Gasteiger charge is 2.17. The summed E-state index contributed by atoms with van der Waals surface area (Å²) in [6, 6.07) is 8.28. The van der Waals surface area contributed by atoms with Crippen LogP contribution < -0.4 is 10.5 Å². The predicted molar refractivity (Wildman–Crippen MR) is 97.1 cm³/mol. The van der Waals surface area contributed by atoms with Crippen molar-refractivity contribution >= 4 is 21.6 Å². The lowest BCUT2D eigenvalue weighted by Crippen LogP contribution is -2.28. The monoisotopic (exact) mass is 362 g/mol. The molecule has 118 valence electrons. The van der Waals surface area contributed by atoms with Crippen LogP contribution in [0.1, 0.15) is 36.2 Å². The van der Waals surface area contributed by atoms with Gasteiger partial charge >= 0.3 is 0 Å². The predicted octanol–water partition coefficient (Wildman–Crippen LogP) is 4.06. The van der Waals surface area contributed by atoms with E-state index in [0.717, 1.165) is 40.8 Å². The third-order valence-electron chi connectivity index (χ3n) is 4.10. The molecular weight excluding hydrogens is 340 g/mol. The van der Waals surface area contributed by atoms with Gasteiger partial charge in [-0.15, -0.1) is 0 Å². The van der Waals surface area contributed by atoms with Gasteiger partial charge in [0.1, 0.15) is 5.69 Å². The van der Waals surface area contributed by atoms with Gasteiger partial charge in [-0.3, -0.25) is 4.79 Å². The number of benzene rings is 1. The Kier molecular flexibility index (Phi) is 5.46. The van der Waals surface area contributed by atoms with Gasteiger partial charge in [0.2, 0.25) is 0 Å². The van der Waals surface area contributed by atoms with Crippen molar-refractivity contribution in [2.45, 2.75) is 33.6 Å². The quantitative estimate of drug-likeness (QED) is 0.870. The van der Waals surface area contributed by atoms with Crippen molar-refractivity contribution in [1.29, 1.82) is 0 Å². The standard InChI is InChI=1S/C18H23BrN2O/c1-5-15-12(3)20-18(22)17(21(4)6-2)16(15)11-13-8-7-9-14(19)10-13/h7-10H,5-6,11H2,1-4H3,(H,20,22). The van der Waals surface area contributed by atoms with E-state index in [1.54, 1.807) is 0 Å². The van der Waals surface area contributed by atoms with Crippen LogP contribution in [0.5, 0.6) is 0 Å². The van der Waals surface area contributed by atoms with Crippen LogP contribution in [0, 0.1) is 6.92 Å². The number of halogens is 1. The summed E-state index contributed by atoms with van der Waals surface area (Å²) < 4.78 is 1.06. The molecule has 1 aromatic heterocycles. The average Bonchev–Trinajstić information content (AvgIpc) is 2.47. The van der Waals surface area contributed by atoms with Gasteiger partial charge in [0, 0.05) is 30.2 Å². The lowest BCUT2D eigenvalue weighted by Gasteiger charge is -2.23. The topological polar surface area (TPSA) is 36.1 Å². The van der Waals surface area contributed by atoms with E-state index in [-0.39, 0.29) is 5.56 Å². The maximum atomic E-state index is 12.5. The van der Waals surface area contributed by atoms with Gasteiger partial charge in [0.15, 0.2) is 0 Å². The van der Waals surface area contributed by atoms with E-state index >= 15 is 0 Å². The van der Waals surface area contributed by atoms with Gasteiger partial charge in [-0.1, -0.05) is 35.0 Å². The van der Waals surface area contributed by atoms with Gasteiger partial charge < -0.3 is 9.88 Å². The molecule has 0 saturated heterocycles. The molecule has 0 bridgehead atoms. The summed E-state index contributed by atoms with van der Waals surface area (Å²) in [5.41, 5.74) is 5.38. The summed E-state index contributed by atoms with van der Waals surface area (Å²) in [4.78, 5) is 17.5. The number of anilines is 1. The molecule has 0 saturated carbocycles. The number of hydrogen-bond donors (Lipinski definition) is 1. The lowest BCUT2D eigenvalue weighted by molar-refractivity contribution is 0.901. The van der Waals surface area contributed by atoms with Crippen LogP contribution in [0.3, 0.4) is 0 Å². The molecule has 0 unspecified atom stereocenters. The Balaban J connectivity index is 2.62. The van der Waals surface area contributed by atoms with Crippen LogP contribution in [0.25, 0.3) is 0 Å². The lowest BCUT2D eigenvalue weighted by atomic mass is 9.95. The first kappa shape index (κ1) is 16.8. The van der Waals surface area contributed by atoms with Gasteiger partial charge in [-0.05, 0) is 49.1 Å². The van der Waals surface area contributed by atoms with Crippen LogP contribution in [-0.4, -0.2) is 18.6 Å². The van der Waals surface area contributed by atoms with Crippen molar-refractivity contribution in [3.63, 3.8) is 0 Å². The van der Waals surface area contributed by atoms with Crippen molar-refractivity contribution in [2.75, 3.05) is 18.5 Å². The van der Waals surface area contributed by atoms with E-state index in [4.69, 9.17) is 0 Å². The Labute approximate surface area is 140 Å². The van der Waals surface area contributed by atoms with Crippen molar-refractivity contribution in [1.82, 2.24) is 4.98 Å². The smallest absolute Gasteiger partial charge is 0.271 e. The maximum Gasteiger partial charge on any atom is 0.271 e. The van der Waals surface area contributed by atoms with E-state index in [2.05, 4.69) is 46.9 Å². The van der Waals surface area contributed by atoms with Crippen LogP contribution >= 0.6 is 15.9 Å². The molecule has 0 atom stereocenters. The zero-order chi connectivity index (χ0) is 16.3. The number of H-pyrrole nitrogens is 1. The van der Waals surface area contributed by atoms with Gasteiger partial charge in [-0.2, -0.15) is 0 Å². The number of aromatic nitrogens is 1. The van der Waals surface area contributed by atoms with Crippen LogP contribution in [-0.2, 0) is 12.8 Å². The highest BCUT2D eigenvalue weighted by molar-refractivity contribution is 9.10. The Hall–Kier alpha value is -1.55. The summed E-state index contributed by atoms with van der Waals surface area (Å²) in [6.07, 6.45) is 1.68. The molecule has 0 aliphatic carbocycles. The highest BCUT2D eigenvalue weighted by Crippen LogP contribution is 2.25. The van der Waals surface area contributed by atoms with E-state index in [9.17, 15) is 4.79 Å². The molecule has 0 spiro atoms. The Morgan fingerprint density at radius 1 is 1.23 bits per heavy atom. The molecule has 2 aromatic rings. The van der Waals surface area contributed by atoms with E-state index in [1.165, 1.54) is 11.1 Å². The van der Waals surface area contributed by atoms with Crippen molar-refractivity contribution in [3.05, 3.63) is 61.5 Å². The number of aromatic amines is 1. The molecule has 3 nitrogen and oxygen atoms in total. The highest BCUT2D eigenvalue weighted by atomic mass is 79.9. The molecular formula is C18H23BrN2O. The normalized spacial score (nSPS) is 10.8. The van der Waals surface area contributed by atoms with Gasteiger partial charge in [0.25, 0.3) is 5.56 Å². The van der Waals surface area contributed by atoms with Gasteiger partial charge in [-0.25, -0.2) is 0 Å². The largest absolute Gasteiger partial charge is 0.370 e.